The van der Waals surface area contributed by atoms with Gasteiger partial charge < -0.3 is 25.2 Å². The first-order chi connectivity index (χ1) is 24.7. The van der Waals surface area contributed by atoms with Crippen molar-refractivity contribution in [3.8, 4) is 0 Å². The van der Waals surface area contributed by atoms with Gasteiger partial charge in [-0.3, -0.25) is 18.6 Å². The zero-order valence-corrected chi connectivity index (χ0v) is 33.9. The molecule has 4 N–H and O–H groups in total. The first kappa shape index (κ1) is 50.0. The minimum absolute atomic E-state index is 0.0254. The lowest BCUT2D eigenvalue weighted by molar-refractivity contribution is -0.154. The molecule has 10 nitrogen and oxygen atoms in total. The van der Waals surface area contributed by atoms with Gasteiger partial charge in [0, 0.05) is 13.0 Å². The number of carbonyl (C=O) groups excluding carboxylic acids is 1. The molecule has 0 radical (unpaired) electrons. The molecular formula is C40H80NO9P. The minimum atomic E-state index is -4.60. The molecule has 0 spiro atoms. The van der Waals surface area contributed by atoms with E-state index in [2.05, 4.69) is 13.8 Å². The quantitative estimate of drug-likeness (QED) is 0.0312. The summed E-state index contributed by atoms with van der Waals surface area (Å²) in [7, 11) is -4.60. The lowest BCUT2D eigenvalue weighted by Gasteiger charge is -2.20. The molecule has 0 bridgehead atoms. The van der Waals surface area contributed by atoms with E-state index in [4.69, 9.17) is 29.4 Å². The van der Waals surface area contributed by atoms with E-state index in [1.54, 1.807) is 0 Å². The fourth-order valence-corrected chi connectivity index (χ4v) is 6.85. The van der Waals surface area contributed by atoms with Crippen LogP contribution in [0, 0.1) is 0 Å². The van der Waals surface area contributed by atoms with E-state index in [-0.39, 0.29) is 13.0 Å². The van der Waals surface area contributed by atoms with Crippen LogP contribution in [-0.4, -0.2) is 60.5 Å². The highest BCUT2D eigenvalue weighted by Crippen LogP contribution is 2.43. The van der Waals surface area contributed by atoms with E-state index in [0.29, 0.717) is 6.61 Å². The fraction of sp³-hybridized carbons (Fsp3) is 0.950. The van der Waals surface area contributed by atoms with Crippen LogP contribution in [0.5, 0.6) is 0 Å². The lowest BCUT2D eigenvalue weighted by Crippen LogP contribution is -2.34. The van der Waals surface area contributed by atoms with Crippen LogP contribution in [0.1, 0.15) is 206 Å². The molecule has 0 aliphatic heterocycles. The summed E-state index contributed by atoms with van der Waals surface area (Å²) >= 11 is 0. The van der Waals surface area contributed by atoms with Gasteiger partial charge in [0.25, 0.3) is 0 Å². The zero-order valence-electron chi connectivity index (χ0n) is 33.0. The van der Waals surface area contributed by atoms with Crippen molar-refractivity contribution in [2.24, 2.45) is 5.73 Å². The molecule has 0 heterocycles. The Kier molecular flexibility index (Phi) is 36.5. The normalized spacial score (nSPS) is 14.0. The number of aliphatic carboxylic acids is 1. The summed E-state index contributed by atoms with van der Waals surface area (Å²) in [6.45, 7) is 3.92. The Morgan fingerprint density at radius 3 is 1.29 bits per heavy atom. The Labute approximate surface area is 312 Å². The van der Waals surface area contributed by atoms with Gasteiger partial charge in [-0.2, -0.15) is 0 Å². The number of ether oxygens (including phenoxy) is 2. The van der Waals surface area contributed by atoms with Crippen molar-refractivity contribution in [2.45, 2.75) is 219 Å². The van der Waals surface area contributed by atoms with E-state index in [0.717, 1.165) is 38.5 Å². The summed E-state index contributed by atoms with van der Waals surface area (Å²) in [6, 6.07) is -1.47. The molecule has 0 aromatic carbocycles. The zero-order chi connectivity index (χ0) is 37.7. The Morgan fingerprint density at radius 2 is 0.902 bits per heavy atom. The van der Waals surface area contributed by atoms with Crippen molar-refractivity contribution in [2.75, 3.05) is 26.4 Å². The van der Waals surface area contributed by atoms with Gasteiger partial charge in [-0.15, -0.1) is 0 Å². The molecule has 3 atom stereocenters. The van der Waals surface area contributed by atoms with Gasteiger partial charge in [0.2, 0.25) is 0 Å². The number of carbonyl (C=O) groups is 2. The number of nitrogens with two attached hydrogens (primary N) is 1. The number of phosphoric acid groups is 1. The molecule has 0 aromatic heterocycles. The van der Waals surface area contributed by atoms with E-state index < -0.39 is 45.1 Å². The lowest BCUT2D eigenvalue weighted by atomic mass is 10.0. The van der Waals surface area contributed by atoms with Crippen LogP contribution >= 0.6 is 7.82 Å². The molecule has 11 heteroatoms. The standard InChI is InChI=1S/C40H80NO9P/c1-3-5-7-9-11-13-15-17-18-19-20-22-24-26-28-30-32-39(42)50-37(35-48-51(45,46)49-36-38(41)40(43)44)34-47-33-31-29-27-25-23-21-16-14-12-10-8-6-4-2/h37-38H,3-36,41H2,1-2H3,(H,43,44)(H,45,46). The minimum Gasteiger partial charge on any atom is -0.480 e. The van der Waals surface area contributed by atoms with Crippen LogP contribution in [0.15, 0.2) is 0 Å². The first-order valence-corrected chi connectivity index (χ1v) is 22.6. The number of carboxylic acid groups (broad SMARTS) is 1. The van der Waals surface area contributed by atoms with Gasteiger partial charge in [0.05, 0.1) is 19.8 Å². The van der Waals surface area contributed by atoms with Crippen molar-refractivity contribution in [3.05, 3.63) is 0 Å². The number of unbranched alkanes of at least 4 members (excludes halogenated alkanes) is 27. The van der Waals surface area contributed by atoms with Gasteiger partial charge in [0.15, 0.2) is 0 Å². The molecule has 0 aliphatic carbocycles. The molecule has 0 aromatic rings. The van der Waals surface area contributed by atoms with Gasteiger partial charge in [-0.25, -0.2) is 4.57 Å². The van der Waals surface area contributed by atoms with Crippen molar-refractivity contribution >= 4 is 19.8 Å². The molecule has 0 saturated heterocycles. The van der Waals surface area contributed by atoms with E-state index >= 15 is 0 Å². The number of esters is 1. The van der Waals surface area contributed by atoms with Gasteiger partial charge in [-0.05, 0) is 12.8 Å². The second-order valence-corrected chi connectivity index (χ2v) is 15.9. The molecule has 304 valence electrons. The molecule has 0 rings (SSSR count). The van der Waals surface area contributed by atoms with Gasteiger partial charge in [0.1, 0.15) is 12.1 Å². The van der Waals surface area contributed by atoms with Gasteiger partial charge >= 0.3 is 19.8 Å². The topological polar surface area (TPSA) is 155 Å². The summed E-state index contributed by atoms with van der Waals surface area (Å²) in [5, 5.41) is 8.88. The molecule has 0 fully saturated rings. The summed E-state index contributed by atoms with van der Waals surface area (Å²) in [4.78, 5) is 33.5. The average Bonchev–Trinajstić information content (AvgIpc) is 3.10. The van der Waals surface area contributed by atoms with Crippen LogP contribution in [0.4, 0.5) is 0 Å². The molecule has 0 aliphatic rings. The first-order valence-electron chi connectivity index (χ1n) is 21.1. The van der Waals surface area contributed by atoms with Crippen molar-refractivity contribution in [3.63, 3.8) is 0 Å². The monoisotopic (exact) mass is 750 g/mol. The summed E-state index contributed by atoms with van der Waals surface area (Å²) in [6.07, 6.45) is 35.7. The number of phosphoric ester groups is 1. The smallest absolute Gasteiger partial charge is 0.472 e. The summed E-state index contributed by atoms with van der Waals surface area (Å²) in [5.41, 5.74) is 5.35. The number of carboxylic acids is 1. The Hall–Kier alpha value is -1.03. The number of hydrogen-bond donors (Lipinski definition) is 3. The molecule has 0 amide bonds. The van der Waals surface area contributed by atoms with Crippen LogP contribution < -0.4 is 5.73 Å². The predicted octanol–water partition coefficient (Wildman–Crippen LogP) is 11.2. The third-order valence-corrected chi connectivity index (χ3v) is 10.3. The summed E-state index contributed by atoms with van der Waals surface area (Å²) < 4.78 is 33.3. The Bertz CT molecular complexity index is 832. The molecule has 3 unspecified atom stereocenters. The van der Waals surface area contributed by atoms with Crippen LogP contribution in [0.2, 0.25) is 0 Å². The predicted molar refractivity (Wildman–Crippen MR) is 208 cm³/mol. The maximum Gasteiger partial charge on any atom is 0.472 e. The molecule has 0 saturated carbocycles. The second kappa shape index (κ2) is 37.3. The highest BCUT2D eigenvalue weighted by molar-refractivity contribution is 7.47. The van der Waals surface area contributed by atoms with E-state index in [1.807, 2.05) is 0 Å². The summed E-state index contributed by atoms with van der Waals surface area (Å²) in [5.74, 6) is -1.77. The molecular weight excluding hydrogens is 669 g/mol. The van der Waals surface area contributed by atoms with Crippen molar-refractivity contribution in [1.29, 1.82) is 0 Å². The third-order valence-electron chi connectivity index (χ3n) is 9.39. The maximum atomic E-state index is 12.6. The van der Waals surface area contributed by atoms with Crippen LogP contribution in [0.3, 0.4) is 0 Å². The SMILES string of the molecule is CCCCCCCCCCCCCCCCCCC(=O)OC(COCCCCCCCCCCCCCCC)COP(=O)(O)OCC(N)C(=O)O. The van der Waals surface area contributed by atoms with Crippen molar-refractivity contribution in [1.82, 2.24) is 0 Å². The number of rotatable bonds is 41. The Balaban J connectivity index is 4.21. The Morgan fingerprint density at radius 1 is 0.549 bits per heavy atom. The van der Waals surface area contributed by atoms with Crippen molar-refractivity contribution < 1.29 is 42.7 Å². The molecule has 51 heavy (non-hydrogen) atoms. The van der Waals surface area contributed by atoms with Gasteiger partial charge in [-0.1, -0.05) is 187 Å². The fourth-order valence-electron chi connectivity index (χ4n) is 6.08. The largest absolute Gasteiger partial charge is 0.480 e. The van der Waals surface area contributed by atoms with E-state index in [9.17, 15) is 19.0 Å². The highest BCUT2D eigenvalue weighted by atomic mass is 31.2. The second-order valence-electron chi connectivity index (χ2n) is 14.5. The highest BCUT2D eigenvalue weighted by Gasteiger charge is 2.27. The third kappa shape index (κ3) is 37.1. The maximum absolute atomic E-state index is 12.6. The van der Waals surface area contributed by atoms with Crippen LogP contribution in [0.25, 0.3) is 0 Å². The van der Waals surface area contributed by atoms with Crippen LogP contribution in [-0.2, 0) is 32.7 Å². The number of hydrogen-bond acceptors (Lipinski definition) is 8. The van der Waals surface area contributed by atoms with E-state index in [1.165, 1.54) is 148 Å². The average molecular weight is 750 g/mol.